The van der Waals surface area contributed by atoms with Crippen molar-refractivity contribution in [1.29, 1.82) is 0 Å². The van der Waals surface area contributed by atoms with Gasteiger partial charge in [0, 0.05) is 22.1 Å². The molecule has 0 bridgehead atoms. The Kier molecular flexibility index (Phi) is 1.68. The van der Waals surface area contributed by atoms with Crippen LogP contribution in [0.4, 0.5) is 0 Å². The lowest BCUT2D eigenvalue weighted by Gasteiger charge is -2.32. The molecule has 0 radical (unpaired) electrons. The third-order valence-corrected chi connectivity index (χ3v) is 3.78. The highest BCUT2D eigenvalue weighted by molar-refractivity contribution is 6.61. The van der Waals surface area contributed by atoms with Crippen LogP contribution in [0.2, 0.25) is 0 Å². The van der Waals surface area contributed by atoms with Crippen molar-refractivity contribution in [3.63, 3.8) is 0 Å². The summed E-state index contributed by atoms with van der Waals surface area (Å²) in [5, 5.41) is 0. The summed E-state index contributed by atoms with van der Waals surface area (Å²) < 4.78 is 75.7. The summed E-state index contributed by atoms with van der Waals surface area (Å²) in [6.07, 6.45) is -1.81. The topological polar surface area (TPSA) is 49.2 Å². The van der Waals surface area contributed by atoms with Gasteiger partial charge in [-0.15, -0.1) is 0 Å². The Morgan fingerprint density at radius 3 is 2.57 bits per heavy atom. The monoisotopic (exact) mass is 293 g/mol. The van der Waals surface area contributed by atoms with E-state index in [-0.39, 0.29) is 11.3 Å². The van der Waals surface area contributed by atoms with Crippen LogP contribution in [0.25, 0.3) is 5.69 Å². The maximum absolute atomic E-state index is 8.52. The van der Waals surface area contributed by atoms with Gasteiger partial charge in [-0.05, 0) is 46.6 Å². The number of rotatable bonds is 2. The standard InChI is InChI=1S/C15H20BN3O2/c1-11-9-19(10-18-11)12-6-7-17-13(8-12)16-20-14(2,3)15(4,5)21-16/h6-10H,1-5H3/i1D3,6D,7D,8D,9D,10D. The molecule has 0 saturated carbocycles. The molecular formula is C15H20BN3O2. The first kappa shape index (κ1) is 7.56. The first-order chi connectivity index (χ1) is 13.1. The Bertz CT molecular complexity index is 973. The maximum Gasteiger partial charge on any atom is 0.514 e. The normalized spacial score (nSPS) is 26.0. The van der Waals surface area contributed by atoms with Crippen LogP contribution in [0.3, 0.4) is 0 Å². The fraction of sp³-hybridized carbons (Fsp3) is 0.467. The highest BCUT2D eigenvalue weighted by atomic mass is 16.7. The van der Waals surface area contributed by atoms with E-state index in [9.17, 15) is 0 Å². The molecule has 5 nitrogen and oxygen atoms in total. The molecule has 1 saturated heterocycles. The SMILES string of the molecule is [2H]c1nc(B2OC(C)(C)C(C)(C)O2)c([2H])c(-n2c([2H])nc(C([2H])([2H])[2H])c2[2H])c1[2H]. The van der Waals surface area contributed by atoms with Gasteiger partial charge in [0.1, 0.15) is 1.37 Å². The summed E-state index contributed by atoms with van der Waals surface area (Å²) >= 11 is 0. The molecule has 0 unspecified atom stereocenters. The van der Waals surface area contributed by atoms with Gasteiger partial charge < -0.3 is 13.9 Å². The molecule has 2 aromatic heterocycles. The number of aryl methyl sites for hydroxylation is 1. The molecule has 0 spiro atoms. The Labute approximate surface area is 136 Å². The van der Waals surface area contributed by atoms with Crippen molar-refractivity contribution in [3.05, 3.63) is 36.4 Å². The van der Waals surface area contributed by atoms with Gasteiger partial charge in [-0.25, -0.2) is 4.98 Å². The summed E-state index contributed by atoms with van der Waals surface area (Å²) in [5.74, 6) is 0. The molecule has 2 aromatic rings. The van der Waals surface area contributed by atoms with E-state index < -0.39 is 61.6 Å². The number of aromatic nitrogens is 3. The summed E-state index contributed by atoms with van der Waals surface area (Å²) in [4.78, 5) is 7.57. The molecule has 0 aromatic carbocycles. The summed E-state index contributed by atoms with van der Waals surface area (Å²) in [5.41, 5.74) is -2.53. The molecule has 0 aliphatic carbocycles. The summed E-state index contributed by atoms with van der Waals surface area (Å²) in [6, 6.07) is -0.937. The van der Waals surface area contributed by atoms with Gasteiger partial charge in [0.25, 0.3) is 0 Å². The Morgan fingerprint density at radius 2 is 1.95 bits per heavy atom. The summed E-state index contributed by atoms with van der Waals surface area (Å²) in [6.45, 7) is 4.48. The Hall–Kier alpha value is -1.66. The molecule has 21 heavy (non-hydrogen) atoms. The van der Waals surface area contributed by atoms with Crippen LogP contribution in [-0.2, 0) is 9.31 Å². The number of nitrogens with zero attached hydrogens (tertiary/aromatic N) is 3. The quantitative estimate of drug-likeness (QED) is 0.793. The Morgan fingerprint density at radius 1 is 1.24 bits per heavy atom. The third-order valence-electron chi connectivity index (χ3n) is 3.78. The van der Waals surface area contributed by atoms with Crippen molar-refractivity contribution in [2.24, 2.45) is 0 Å². The second kappa shape index (κ2) is 4.68. The van der Waals surface area contributed by atoms with E-state index in [0.717, 1.165) is 4.57 Å². The number of hydrogen-bond acceptors (Lipinski definition) is 4. The van der Waals surface area contributed by atoms with E-state index in [2.05, 4.69) is 9.97 Å². The molecule has 0 amide bonds. The highest BCUT2D eigenvalue weighted by Crippen LogP contribution is 2.36. The fourth-order valence-electron chi connectivity index (χ4n) is 1.86. The van der Waals surface area contributed by atoms with Crippen molar-refractivity contribution in [1.82, 2.24) is 14.5 Å². The second-order valence-electron chi connectivity index (χ2n) is 5.80. The van der Waals surface area contributed by atoms with Crippen LogP contribution in [0, 0.1) is 6.85 Å². The lowest BCUT2D eigenvalue weighted by molar-refractivity contribution is 0.00578. The smallest absolute Gasteiger partial charge is 0.398 e. The van der Waals surface area contributed by atoms with Gasteiger partial charge in [-0.2, -0.15) is 0 Å². The van der Waals surface area contributed by atoms with Crippen LogP contribution in [-0.4, -0.2) is 32.9 Å². The van der Waals surface area contributed by atoms with Crippen molar-refractivity contribution in [3.8, 4) is 5.69 Å². The van der Waals surface area contributed by atoms with E-state index in [1.165, 1.54) is 0 Å². The maximum atomic E-state index is 8.52. The predicted octanol–water partition coefficient (Wildman–Crippen LogP) is 1.87. The molecule has 0 atom stereocenters. The van der Waals surface area contributed by atoms with Crippen molar-refractivity contribution >= 4 is 12.7 Å². The average molecular weight is 293 g/mol. The second-order valence-corrected chi connectivity index (χ2v) is 5.80. The largest absolute Gasteiger partial charge is 0.514 e. The van der Waals surface area contributed by atoms with Crippen molar-refractivity contribution in [2.45, 2.75) is 45.7 Å². The minimum absolute atomic E-state index is 0.0948. The molecule has 0 N–H and O–H groups in total. The van der Waals surface area contributed by atoms with E-state index in [4.69, 9.17) is 20.3 Å². The first-order valence-corrected chi connectivity index (χ1v) is 6.48. The van der Waals surface area contributed by atoms with Crippen LogP contribution < -0.4 is 5.59 Å². The number of hydrogen-bond donors (Lipinski definition) is 0. The van der Waals surface area contributed by atoms with Crippen molar-refractivity contribution < 1.29 is 20.3 Å². The zero-order valence-corrected chi connectivity index (χ0v) is 12.2. The lowest BCUT2D eigenvalue weighted by Crippen LogP contribution is -2.41. The van der Waals surface area contributed by atoms with Crippen LogP contribution >= 0.6 is 0 Å². The zero-order valence-electron chi connectivity index (χ0n) is 20.2. The molecular weight excluding hydrogens is 265 g/mol. The average Bonchev–Trinajstić information content (AvgIpc) is 2.97. The van der Waals surface area contributed by atoms with Crippen LogP contribution in [0.5, 0.6) is 0 Å². The Balaban J connectivity index is 2.23. The first-order valence-electron chi connectivity index (χ1n) is 10.5. The van der Waals surface area contributed by atoms with Gasteiger partial charge in [0.15, 0.2) is 0 Å². The number of imidazole rings is 1. The molecule has 1 aliphatic heterocycles. The van der Waals surface area contributed by atoms with Gasteiger partial charge >= 0.3 is 7.12 Å². The minimum Gasteiger partial charge on any atom is -0.398 e. The molecule has 3 rings (SSSR count). The van der Waals surface area contributed by atoms with Gasteiger partial charge in [0.05, 0.1) is 34.3 Å². The van der Waals surface area contributed by atoms with Crippen LogP contribution in [0.15, 0.2) is 30.7 Å². The van der Waals surface area contributed by atoms with E-state index >= 15 is 0 Å². The molecule has 1 aliphatic rings. The highest BCUT2D eigenvalue weighted by Gasteiger charge is 2.52. The van der Waals surface area contributed by atoms with Crippen molar-refractivity contribution in [2.75, 3.05) is 0 Å². The van der Waals surface area contributed by atoms with Gasteiger partial charge in [-0.1, -0.05) is 0 Å². The zero-order chi connectivity index (χ0) is 22.1. The minimum atomic E-state index is -2.74. The van der Waals surface area contributed by atoms with Crippen LogP contribution in [0.1, 0.15) is 44.4 Å². The summed E-state index contributed by atoms with van der Waals surface area (Å²) in [7, 11) is -1.11. The van der Waals surface area contributed by atoms with Gasteiger partial charge in [-0.3, -0.25) is 4.98 Å². The van der Waals surface area contributed by atoms with Gasteiger partial charge in [0.2, 0.25) is 0 Å². The molecule has 3 heterocycles. The van der Waals surface area contributed by atoms with E-state index in [1.54, 1.807) is 27.7 Å². The lowest BCUT2D eigenvalue weighted by atomic mass is 9.84. The molecule has 1 fully saturated rings. The fourth-order valence-corrected chi connectivity index (χ4v) is 1.86. The predicted molar refractivity (Wildman–Crippen MR) is 81.8 cm³/mol. The van der Waals surface area contributed by atoms with E-state index in [0.29, 0.717) is 0 Å². The third kappa shape index (κ3) is 2.49. The molecule has 6 heteroatoms. The number of pyridine rings is 1. The molecule has 110 valence electrons. The van der Waals surface area contributed by atoms with E-state index in [1.807, 2.05) is 0 Å².